The summed E-state index contributed by atoms with van der Waals surface area (Å²) in [5.74, 6) is -0.420. The molecule has 212 valence electrons. The monoisotopic (exact) mass is 552 g/mol. The fourth-order valence-corrected chi connectivity index (χ4v) is 4.89. The standard InChI is InChI=1S/C28H41FN2O6S/c1-28(2)36-20-23-17-22(10-11-27(23)37-28)26(32)19-31-12-6-3-4-7-13-35-14-8-5-9-21-15-24(29)18-25(16-21)38(30,33)34/h10-11,15-18,26,31-32H,3-9,12-14,19-20H2,1-2H3,(H2,30,33,34)/t26-/m0/s1. The van der Waals surface area contributed by atoms with Crippen molar-refractivity contribution in [3.63, 3.8) is 0 Å². The minimum Gasteiger partial charge on any atom is -0.463 e. The molecule has 0 spiro atoms. The Kier molecular flexibility index (Phi) is 11.5. The van der Waals surface area contributed by atoms with Gasteiger partial charge in [-0.15, -0.1) is 0 Å². The maximum absolute atomic E-state index is 13.6. The van der Waals surface area contributed by atoms with Crippen LogP contribution in [0.25, 0.3) is 0 Å². The largest absolute Gasteiger partial charge is 0.463 e. The van der Waals surface area contributed by atoms with Crippen LogP contribution in [-0.4, -0.2) is 45.6 Å². The quantitative estimate of drug-likeness (QED) is 0.265. The minimum absolute atomic E-state index is 0.195. The van der Waals surface area contributed by atoms with Crippen molar-refractivity contribution >= 4 is 10.0 Å². The van der Waals surface area contributed by atoms with E-state index in [1.807, 2.05) is 32.0 Å². The zero-order valence-electron chi connectivity index (χ0n) is 22.4. The van der Waals surface area contributed by atoms with Crippen molar-refractivity contribution in [2.45, 2.75) is 82.2 Å². The summed E-state index contributed by atoms with van der Waals surface area (Å²) in [5, 5.41) is 18.9. The molecular weight excluding hydrogens is 511 g/mol. The number of rotatable bonds is 16. The molecule has 0 unspecified atom stereocenters. The molecule has 3 rings (SSSR count). The average molecular weight is 553 g/mol. The van der Waals surface area contributed by atoms with E-state index < -0.39 is 27.7 Å². The van der Waals surface area contributed by atoms with Gasteiger partial charge in [-0.05, 0) is 80.1 Å². The summed E-state index contributed by atoms with van der Waals surface area (Å²) in [7, 11) is -3.91. The van der Waals surface area contributed by atoms with Gasteiger partial charge in [-0.2, -0.15) is 0 Å². The summed E-state index contributed by atoms with van der Waals surface area (Å²) >= 11 is 0. The van der Waals surface area contributed by atoms with Crippen LogP contribution in [0.3, 0.4) is 0 Å². The van der Waals surface area contributed by atoms with Gasteiger partial charge in [-0.25, -0.2) is 17.9 Å². The zero-order valence-corrected chi connectivity index (χ0v) is 23.2. The van der Waals surface area contributed by atoms with Crippen LogP contribution >= 0.6 is 0 Å². The second-order valence-corrected chi connectivity index (χ2v) is 11.8. The number of unbranched alkanes of at least 4 members (excludes halogenated alkanes) is 4. The second kappa shape index (κ2) is 14.3. The van der Waals surface area contributed by atoms with E-state index in [-0.39, 0.29) is 4.90 Å². The number of aliphatic hydroxyl groups excluding tert-OH is 1. The lowest BCUT2D eigenvalue weighted by atomic mass is 10.0. The molecule has 1 atom stereocenters. The number of ether oxygens (including phenoxy) is 3. The average Bonchev–Trinajstić information content (AvgIpc) is 2.85. The molecular formula is C28H41FN2O6S. The van der Waals surface area contributed by atoms with Gasteiger partial charge in [-0.3, -0.25) is 0 Å². The van der Waals surface area contributed by atoms with E-state index in [2.05, 4.69) is 5.32 Å². The third kappa shape index (κ3) is 10.2. The highest BCUT2D eigenvalue weighted by Crippen LogP contribution is 2.32. The Balaban J connectivity index is 1.17. The summed E-state index contributed by atoms with van der Waals surface area (Å²) in [6.45, 7) is 6.89. The van der Waals surface area contributed by atoms with E-state index in [0.717, 1.165) is 68.0 Å². The highest BCUT2D eigenvalue weighted by molar-refractivity contribution is 7.89. The number of aryl methyl sites for hydroxylation is 1. The van der Waals surface area contributed by atoms with Crippen molar-refractivity contribution < 1.29 is 32.1 Å². The van der Waals surface area contributed by atoms with Crippen molar-refractivity contribution in [2.75, 3.05) is 26.3 Å². The third-order valence-electron chi connectivity index (χ3n) is 6.39. The molecule has 1 aliphatic heterocycles. The molecule has 1 aliphatic rings. The maximum Gasteiger partial charge on any atom is 0.238 e. The fraction of sp³-hybridized carbons (Fsp3) is 0.571. The first kappa shape index (κ1) is 30.5. The lowest BCUT2D eigenvalue weighted by molar-refractivity contribution is -0.180. The van der Waals surface area contributed by atoms with Gasteiger partial charge in [0.05, 0.1) is 17.6 Å². The van der Waals surface area contributed by atoms with Gasteiger partial charge in [0.2, 0.25) is 15.8 Å². The van der Waals surface area contributed by atoms with Crippen LogP contribution in [0.15, 0.2) is 41.3 Å². The summed E-state index contributed by atoms with van der Waals surface area (Å²) < 4.78 is 53.6. The predicted octanol–water partition coefficient (Wildman–Crippen LogP) is 4.34. The van der Waals surface area contributed by atoms with Gasteiger partial charge in [0.15, 0.2) is 0 Å². The summed E-state index contributed by atoms with van der Waals surface area (Å²) in [4.78, 5) is -0.195. The Morgan fingerprint density at radius 1 is 1.08 bits per heavy atom. The molecule has 1 heterocycles. The molecule has 0 radical (unpaired) electrons. The molecule has 0 bridgehead atoms. The molecule has 0 aliphatic carbocycles. The lowest BCUT2D eigenvalue weighted by Gasteiger charge is -2.33. The maximum atomic E-state index is 13.6. The first-order valence-corrected chi connectivity index (χ1v) is 14.8. The van der Waals surface area contributed by atoms with E-state index in [9.17, 15) is 17.9 Å². The number of primary sulfonamides is 1. The Labute approximate surface area is 225 Å². The molecule has 0 amide bonds. The molecule has 0 aromatic heterocycles. The van der Waals surface area contributed by atoms with Crippen molar-refractivity contribution in [1.82, 2.24) is 5.32 Å². The summed E-state index contributed by atoms with van der Waals surface area (Å²) in [6.07, 6.45) is 5.75. The van der Waals surface area contributed by atoms with Crippen LogP contribution in [0.5, 0.6) is 5.75 Å². The molecule has 2 aromatic carbocycles. The van der Waals surface area contributed by atoms with Crippen LogP contribution in [0.2, 0.25) is 0 Å². The van der Waals surface area contributed by atoms with Gasteiger partial charge in [0.25, 0.3) is 0 Å². The Hall–Kier alpha value is -2.08. The highest BCUT2D eigenvalue weighted by atomic mass is 32.2. The van der Waals surface area contributed by atoms with Crippen LogP contribution in [0.1, 0.15) is 75.2 Å². The lowest BCUT2D eigenvalue weighted by Crippen LogP contribution is -2.35. The van der Waals surface area contributed by atoms with Crippen LogP contribution in [-0.2, 0) is 32.5 Å². The van der Waals surface area contributed by atoms with Gasteiger partial charge in [-0.1, -0.05) is 18.9 Å². The molecule has 10 heteroatoms. The molecule has 8 nitrogen and oxygen atoms in total. The van der Waals surface area contributed by atoms with Crippen LogP contribution in [0, 0.1) is 5.82 Å². The molecule has 0 saturated heterocycles. The number of hydrogen-bond acceptors (Lipinski definition) is 7. The molecule has 38 heavy (non-hydrogen) atoms. The van der Waals surface area contributed by atoms with Crippen molar-refractivity contribution in [3.8, 4) is 5.75 Å². The fourth-order valence-electron chi connectivity index (χ4n) is 4.29. The Morgan fingerprint density at radius 2 is 1.82 bits per heavy atom. The van der Waals surface area contributed by atoms with Crippen LogP contribution < -0.4 is 15.2 Å². The van der Waals surface area contributed by atoms with E-state index in [1.54, 1.807) is 0 Å². The highest BCUT2D eigenvalue weighted by Gasteiger charge is 2.27. The number of fused-ring (bicyclic) bond motifs is 1. The van der Waals surface area contributed by atoms with Gasteiger partial charge >= 0.3 is 0 Å². The minimum atomic E-state index is -3.91. The SMILES string of the molecule is CC1(C)OCc2cc([C@@H](O)CNCCCCCCOCCCCc3cc(F)cc(S(N)(=O)=O)c3)ccc2O1. The summed E-state index contributed by atoms with van der Waals surface area (Å²) in [6, 6.07) is 9.45. The smallest absolute Gasteiger partial charge is 0.238 e. The number of sulfonamides is 1. The summed E-state index contributed by atoms with van der Waals surface area (Å²) in [5.41, 5.74) is 2.42. The number of nitrogens with one attached hydrogen (secondary N) is 1. The van der Waals surface area contributed by atoms with E-state index in [0.29, 0.717) is 38.3 Å². The number of aliphatic hydroxyl groups is 1. The van der Waals surface area contributed by atoms with Crippen molar-refractivity contribution in [1.29, 1.82) is 0 Å². The van der Waals surface area contributed by atoms with Crippen molar-refractivity contribution in [3.05, 3.63) is 58.9 Å². The zero-order chi connectivity index (χ0) is 27.6. The number of nitrogens with two attached hydrogens (primary N) is 1. The third-order valence-corrected chi connectivity index (χ3v) is 7.29. The molecule has 0 fully saturated rings. The van der Waals surface area contributed by atoms with E-state index in [1.165, 1.54) is 12.1 Å². The Morgan fingerprint density at radius 3 is 2.58 bits per heavy atom. The Bertz CT molecular complexity index is 1140. The molecule has 0 saturated carbocycles. The number of benzene rings is 2. The first-order valence-electron chi connectivity index (χ1n) is 13.3. The van der Waals surface area contributed by atoms with Gasteiger partial charge < -0.3 is 24.6 Å². The van der Waals surface area contributed by atoms with E-state index >= 15 is 0 Å². The predicted molar refractivity (Wildman–Crippen MR) is 144 cm³/mol. The first-order chi connectivity index (χ1) is 18.0. The molecule has 4 N–H and O–H groups in total. The topological polar surface area (TPSA) is 120 Å². The molecule has 2 aromatic rings. The van der Waals surface area contributed by atoms with Gasteiger partial charge in [0, 0.05) is 39.2 Å². The van der Waals surface area contributed by atoms with Crippen molar-refractivity contribution in [2.24, 2.45) is 5.14 Å². The number of hydrogen-bond donors (Lipinski definition) is 3. The van der Waals surface area contributed by atoms with E-state index in [4.69, 9.17) is 19.3 Å². The number of halogens is 1. The second-order valence-electron chi connectivity index (χ2n) is 10.2. The normalized spacial score (nSPS) is 15.6. The van der Waals surface area contributed by atoms with Gasteiger partial charge in [0.1, 0.15) is 11.6 Å². The van der Waals surface area contributed by atoms with Crippen LogP contribution in [0.4, 0.5) is 4.39 Å².